The van der Waals surface area contributed by atoms with Gasteiger partial charge in [0.1, 0.15) is 0 Å². The van der Waals surface area contributed by atoms with Gasteiger partial charge in [0.15, 0.2) is 14.6 Å². The van der Waals surface area contributed by atoms with Crippen LogP contribution >= 0.6 is 0 Å². The quantitative estimate of drug-likeness (QED) is 0.325. The highest BCUT2D eigenvalue weighted by Crippen LogP contribution is 2.40. The first-order valence-electron chi connectivity index (χ1n) is 12.6. The number of carboxylic acids is 1. The highest BCUT2D eigenvalue weighted by atomic mass is 28.4. The molecule has 0 amide bonds. The van der Waals surface area contributed by atoms with Crippen molar-refractivity contribution < 1.29 is 34.0 Å². The summed E-state index contributed by atoms with van der Waals surface area (Å²) >= 11 is 0. The van der Waals surface area contributed by atoms with Crippen molar-refractivity contribution in [3.63, 3.8) is 0 Å². The van der Waals surface area contributed by atoms with Gasteiger partial charge in [0.2, 0.25) is 0 Å². The van der Waals surface area contributed by atoms with Crippen molar-refractivity contribution in [2.45, 2.75) is 115 Å². The van der Waals surface area contributed by atoms with E-state index >= 15 is 0 Å². The van der Waals surface area contributed by atoms with Crippen molar-refractivity contribution >= 4 is 14.3 Å². The molecule has 1 saturated heterocycles. The predicted octanol–water partition coefficient (Wildman–Crippen LogP) is 4.17. The minimum absolute atomic E-state index is 0.00145. The largest absolute Gasteiger partial charge is 0.481 e. The Morgan fingerprint density at radius 1 is 1.19 bits per heavy atom. The smallest absolute Gasteiger partial charge is 0.303 e. The van der Waals surface area contributed by atoms with Crippen molar-refractivity contribution in [1.29, 1.82) is 0 Å². The lowest BCUT2D eigenvalue weighted by Gasteiger charge is -2.33. The number of hydrogen-bond acceptors (Lipinski definition) is 6. The number of hydrogen-bond donors (Lipinski definition) is 3. The molecule has 0 radical (unpaired) electrons. The fourth-order valence-electron chi connectivity index (χ4n) is 5.34. The number of rotatable bonds is 14. The van der Waals surface area contributed by atoms with Crippen molar-refractivity contribution in [3.8, 4) is 0 Å². The fourth-order valence-corrected chi connectivity index (χ4v) is 8.07. The third-order valence-corrected chi connectivity index (χ3v) is 9.54. The molecule has 188 valence electrons. The Kier molecular flexibility index (Phi) is 11.6. The van der Waals surface area contributed by atoms with Gasteiger partial charge in [-0.05, 0) is 75.9 Å². The normalized spacial score (nSPS) is 30.0. The van der Waals surface area contributed by atoms with Crippen LogP contribution in [0.4, 0.5) is 0 Å². The van der Waals surface area contributed by atoms with E-state index in [4.69, 9.17) is 19.0 Å². The van der Waals surface area contributed by atoms with Crippen LogP contribution < -0.4 is 0 Å². The first kappa shape index (κ1) is 27.7. The third-order valence-electron chi connectivity index (χ3n) is 6.79. The minimum atomic E-state index is -1.81. The van der Waals surface area contributed by atoms with E-state index in [9.17, 15) is 15.0 Å². The van der Waals surface area contributed by atoms with E-state index in [1.165, 1.54) is 0 Å². The maximum Gasteiger partial charge on any atom is 0.303 e. The molecule has 8 heteroatoms. The summed E-state index contributed by atoms with van der Waals surface area (Å²) in [5.74, 6) is -0.175. The van der Waals surface area contributed by atoms with Crippen LogP contribution in [0.5, 0.6) is 0 Å². The molecule has 0 aromatic rings. The van der Waals surface area contributed by atoms with Gasteiger partial charge in [-0.25, -0.2) is 0 Å². The first-order valence-corrected chi connectivity index (χ1v) is 15.7. The lowest BCUT2D eigenvalue weighted by Crippen LogP contribution is -2.39. The Labute approximate surface area is 195 Å². The van der Waals surface area contributed by atoms with Crippen LogP contribution in [0.3, 0.4) is 0 Å². The zero-order valence-electron chi connectivity index (χ0n) is 20.5. The van der Waals surface area contributed by atoms with Crippen molar-refractivity contribution in [2.24, 2.45) is 17.8 Å². The second-order valence-electron chi connectivity index (χ2n) is 10.8. The zero-order chi connectivity index (χ0) is 23.7. The topological polar surface area (TPSA) is 105 Å². The van der Waals surface area contributed by atoms with Crippen LogP contribution in [0.1, 0.15) is 71.6 Å². The summed E-state index contributed by atoms with van der Waals surface area (Å²) in [7, 11) is -1.81. The second-order valence-corrected chi connectivity index (χ2v) is 15.0. The zero-order valence-corrected chi connectivity index (χ0v) is 21.5. The van der Waals surface area contributed by atoms with Crippen molar-refractivity contribution in [3.05, 3.63) is 0 Å². The van der Waals surface area contributed by atoms with E-state index in [1.54, 1.807) is 0 Å². The fraction of sp³-hybridized carbons (Fsp3) is 0.958. The standard InChI is InChI=1S/C24H46O7Si/c1-17(2)16-32(3,4)30-15-20-19(12-11-18(25)8-7-9-23(27)28)21(26)14-22(20)31-24-10-5-6-13-29-24/h17-22,24-26H,5-16H2,1-4H3,(H,27,28)/t18-,19-,20-,21-,22-,24?/m1/s1. The number of carbonyl (C=O) groups is 1. The van der Waals surface area contributed by atoms with Gasteiger partial charge in [-0.3, -0.25) is 4.79 Å². The number of aliphatic hydroxyl groups is 2. The highest BCUT2D eigenvalue weighted by molar-refractivity contribution is 6.71. The molecule has 0 spiro atoms. The minimum Gasteiger partial charge on any atom is -0.481 e. The Morgan fingerprint density at radius 3 is 2.56 bits per heavy atom. The van der Waals surface area contributed by atoms with E-state index in [0.29, 0.717) is 44.6 Å². The summed E-state index contributed by atoms with van der Waals surface area (Å²) in [5, 5.41) is 30.0. The van der Waals surface area contributed by atoms with Gasteiger partial charge in [-0.2, -0.15) is 0 Å². The lowest BCUT2D eigenvalue weighted by molar-refractivity contribution is -0.197. The summed E-state index contributed by atoms with van der Waals surface area (Å²) in [6.07, 6.45) is 4.53. The number of ether oxygens (including phenoxy) is 2. The molecular weight excluding hydrogens is 428 g/mol. The van der Waals surface area contributed by atoms with Gasteiger partial charge >= 0.3 is 5.97 Å². The first-order chi connectivity index (χ1) is 15.1. The molecule has 2 fully saturated rings. The SMILES string of the molecule is CC(C)C[Si](C)(C)OC[C@@H]1[C@@H](CC[C@H](O)CCCC(=O)O)[C@H](O)C[C@H]1OC1CCCCO1. The molecule has 1 saturated carbocycles. The Hall–Kier alpha value is -0.513. The molecule has 6 atom stereocenters. The van der Waals surface area contributed by atoms with Gasteiger partial charge in [-0.15, -0.1) is 0 Å². The highest BCUT2D eigenvalue weighted by Gasteiger charge is 2.45. The van der Waals surface area contributed by atoms with Crippen LogP contribution in [-0.4, -0.2) is 67.4 Å². The van der Waals surface area contributed by atoms with Gasteiger partial charge in [0.05, 0.1) is 18.3 Å². The summed E-state index contributed by atoms with van der Waals surface area (Å²) in [5.41, 5.74) is 0. The van der Waals surface area contributed by atoms with Crippen LogP contribution in [0.15, 0.2) is 0 Å². The van der Waals surface area contributed by atoms with Gasteiger partial charge in [0, 0.05) is 32.0 Å². The second kappa shape index (κ2) is 13.4. The maximum atomic E-state index is 10.9. The number of carboxylic acid groups (broad SMARTS) is 1. The van der Waals surface area contributed by atoms with E-state index in [2.05, 4.69) is 26.9 Å². The maximum absolute atomic E-state index is 10.9. The molecule has 1 unspecified atom stereocenters. The summed E-state index contributed by atoms with van der Waals surface area (Å²) < 4.78 is 18.6. The van der Waals surface area contributed by atoms with E-state index in [-0.39, 0.29) is 30.7 Å². The molecule has 1 heterocycles. The molecule has 7 nitrogen and oxygen atoms in total. The lowest BCUT2D eigenvalue weighted by atomic mass is 9.88. The molecule has 2 rings (SSSR count). The monoisotopic (exact) mass is 474 g/mol. The Bertz CT molecular complexity index is 550. The third kappa shape index (κ3) is 9.77. The Morgan fingerprint density at radius 2 is 1.94 bits per heavy atom. The van der Waals surface area contributed by atoms with Crippen LogP contribution in [0.25, 0.3) is 0 Å². The average molecular weight is 475 g/mol. The molecule has 1 aliphatic carbocycles. The molecule has 1 aliphatic heterocycles. The molecular formula is C24H46O7Si. The molecule has 0 bridgehead atoms. The van der Waals surface area contributed by atoms with Crippen LogP contribution in [0, 0.1) is 17.8 Å². The van der Waals surface area contributed by atoms with Gasteiger partial charge in [0.25, 0.3) is 0 Å². The molecule has 32 heavy (non-hydrogen) atoms. The van der Waals surface area contributed by atoms with Crippen molar-refractivity contribution in [2.75, 3.05) is 13.2 Å². The number of aliphatic carboxylic acids is 1. The average Bonchev–Trinajstić information content (AvgIpc) is 2.98. The van der Waals surface area contributed by atoms with Crippen LogP contribution in [-0.2, 0) is 18.7 Å². The summed E-state index contributed by atoms with van der Waals surface area (Å²) in [6.45, 7) is 10.2. The van der Waals surface area contributed by atoms with Gasteiger partial charge < -0.3 is 29.2 Å². The summed E-state index contributed by atoms with van der Waals surface area (Å²) in [6, 6.07) is 1.09. The molecule has 2 aliphatic rings. The number of aliphatic hydroxyl groups excluding tert-OH is 2. The van der Waals surface area contributed by atoms with Crippen molar-refractivity contribution in [1.82, 2.24) is 0 Å². The Balaban J connectivity index is 1.97. The van der Waals surface area contributed by atoms with E-state index in [0.717, 1.165) is 31.9 Å². The predicted molar refractivity (Wildman–Crippen MR) is 126 cm³/mol. The van der Waals surface area contributed by atoms with Crippen LogP contribution in [0.2, 0.25) is 19.1 Å². The van der Waals surface area contributed by atoms with E-state index < -0.39 is 26.5 Å². The van der Waals surface area contributed by atoms with Gasteiger partial charge in [-0.1, -0.05) is 13.8 Å². The molecule has 3 N–H and O–H groups in total. The summed E-state index contributed by atoms with van der Waals surface area (Å²) in [4.78, 5) is 10.7. The molecule has 0 aromatic carbocycles. The van der Waals surface area contributed by atoms with E-state index in [1.807, 2.05) is 0 Å². The molecule has 0 aromatic heterocycles.